The molecule has 1 aromatic heterocycles. The van der Waals surface area contributed by atoms with Gasteiger partial charge in [-0.05, 0) is 30.3 Å². The van der Waals surface area contributed by atoms with Crippen LogP contribution in [-0.2, 0) is 11.8 Å². The van der Waals surface area contributed by atoms with Crippen molar-refractivity contribution in [1.29, 1.82) is 0 Å². The van der Waals surface area contributed by atoms with Gasteiger partial charge in [-0.15, -0.1) is 10.2 Å². The number of benzene rings is 2. The van der Waals surface area contributed by atoms with E-state index in [9.17, 15) is 4.79 Å². The van der Waals surface area contributed by atoms with Gasteiger partial charge in [-0.25, -0.2) is 5.43 Å². The Kier molecular flexibility index (Phi) is 7.45. The van der Waals surface area contributed by atoms with Crippen LogP contribution >= 0.6 is 43.6 Å². The number of nitrogens with one attached hydrogen (secondary N) is 1. The molecular formula is C19H17Br2N5O2S. The van der Waals surface area contributed by atoms with Crippen LogP contribution in [0.1, 0.15) is 5.56 Å². The summed E-state index contributed by atoms with van der Waals surface area (Å²) in [7, 11) is 3.45. The Labute approximate surface area is 189 Å². The molecular weight excluding hydrogens is 522 g/mol. The zero-order valence-electron chi connectivity index (χ0n) is 15.6. The fourth-order valence-electron chi connectivity index (χ4n) is 2.43. The van der Waals surface area contributed by atoms with Gasteiger partial charge in [-0.3, -0.25) is 4.79 Å². The van der Waals surface area contributed by atoms with Crippen LogP contribution in [0.15, 0.2) is 61.7 Å². The van der Waals surface area contributed by atoms with Gasteiger partial charge in [0.25, 0.3) is 5.91 Å². The average Bonchev–Trinajstić information content (AvgIpc) is 3.07. The van der Waals surface area contributed by atoms with E-state index in [1.165, 1.54) is 11.8 Å². The molecule has 0 aliphatic rings. The van der Waals surface area contributed by atoms with E-state index in [2.05, 4.69) is 52.6 Å². The molecule has 0 aliphatic heterocycles. The Morgan fingerprint density at radius 2 is 1.93 bits per heavy atom. The molecule has 0 atom stereocenters. The molecule has 0 saturated heterocycles. The zero-order valence-corrected chi connectivity index (χ0v) is 19.6. The summed E-state index contributed by atoms with van der Waals surface area (Å²) in [5.74, 6) is 1.33. The van der Waals surface area contributed by atoms with Crippen LogP contribution in [0.5, 0.6) is 5.75 Å². The maximum atomic E-state index is 12.1. The lowest BCUT2D eigenvalue weighted by Gasteiger charge is -2.05. The first-order valence-electron chi connectivity index (χ1n) is 8.41. The number of halogens is 2. The standard InChI is InChI=1S/C19H17Br2N5O2S/c1-26-18(12-3-5-14(20)6-4-12)24-25-19(26)29-11-17(27)23-22-10-13-9-15(21)7-8-16(13)28-2/h3-10H,11H2,1-2H3,(H,23,27)/b22-10+. The van der Waals surface area contributed by atoms with Crippen molar-refractivity contribution in [3.63, 3.8) is 0 Å². The van der Waals surface area contributed by atoms with Crippen molar-refractivity contribution >= 4 is 55.7 Å². The van der Waals surface area contributed by atoms with Crippen molar-refractivity contribution in [3.8, 4) is 17.1 Å². The highest BCUT2D eigenvalue weighted by atomic mass is 79.9. The van der Waals surface area contributed by atoms with Crippen molar-refractivity contribution in [2.75, 3.05) is 12.9 Å². The molecule has 0 spiro atoms. The predicted octanol–water partition coefficient (Wildman–Crippen LogP) is 4.26. The molecule has 29 heavy (non-hydrogen) atoms. The van der Waals surface area contributed by atoms with Gasteiger partial charge in [0.15, 0.2) is 11.0 Å². The summed E-state index contributed by atoms with van der Waals surface area (Å²) in [5.41, 5.74) is 4.22. The second-order valence-electron chi connectivity index (χ2n) is 5.84. The Bertz CT molecular complexity index is 1040. The highest BCUT2D eigenvalue weighted by molar-refractivity contribution is 9.10. The van der Waals surface area contributed by atoms with Crippen molar-refractivity contribution in [1.82, 2.24) is 20.2 Å². The minimum atomic E-state index is -0.242. The first-order chi connectivity index (χ1) is 14.0. The Morgan fingerprint density at radius 3 is 2.66 bits per heavy atom. The second kappa shape index (κ2) is 10.0. The maximum absolute atomic E-state index is 12.1. The number of hydrogen-bond acceptors (Lipinski definition) is 6. The third kappa shape index (κ3) is 5.68. The second-order valence-corrected chi connectivity index (χ2v) is 8.61. The fraction of sp³-hybridized carbons (Fsp3) is 0.158. The van der Waals surface area contributed by atoms with Gasteiger partial charge in [0.2, 0.25) is 0 Å². The molecule has 3 rings (SSSR count). The van der Waals surface area contributed by atoms with Crippen molar-refractivity contribution in [2.45, 2.75) is 5.16 Å². The van der Waals surface area contributed by atoms with Gasteiger partial charge in [0.1, 0.15) is 5.75 Å². The van der Waals surface area contributed by atoms with E-state index in [4.69, 9.17) is 4.74 Å². The molecule has 0 fully saturated rings. The summed E-state index contributed by atoms with van der Waals surface area (Å²) >= 11 is 8.11. The van der Waals surface area contributed by atoms with Crippen LogP contribution in [0, 0.1) is 0 Å². The summed E-state index contributed by atoms with van der Waals surface area (Å²) in [5, 5.41) is 13.0. The first kappa shape index (κ1) is 21.5. The van der Waals surface area contributed by atoms with Gasteiger partial charge in [0.05, 0.1) is 19.1 Å². The molecule has 3 aromatic rings. The highest BCUT2D eigenvalue weighted by Crippen LogP contribution is 2.24. The van der Waals surface area contributed by atoms with Gasteiger partial charge in [0, 0.05) is 27.1 Å². The van der Waals surface area contributed by atoms with Crippen LogP contribution in [-0.4, -0.2) is 39.7 Å². The summed E-state index contributed by atoms with van der Waals surface area (Å²) in [6.45, 7) is 0. The van der Waals surface area contributed by atoms with Gasteiger partial charge in [-0.1, -0.05) is 55.8 Å². The van der Waals surface area contributed by atoms with E-state index in [-0.39, 0.29) is 11.7 Å². The lowest BCUT2D eigenvalue weighted by Crippen LogP contribution is -2.20. The number of carbonyl (C=O) groups excluding carboxylic acids is 1. The van der Waals surface area contributed by atoms with E-state index in [1.54, 1.807) is 13.3 Å². The molecule has 2 aromatic carbocycles. The number of rotatable bonds is 7. The Balaban J connectivity index is 1.57. The molecule has 10 heteroatoms. The van der Waals surface area contributed by atoms with Crippen molar-refractivity contribution < 1.29 is 9.53 Å². The van der Waals surface area contributed by atoms with Crippen LogP contribution in [0.2, 0.25) is 0 Å². The Morgan fingerprint density at radius 1 is 1.21 bits per heavy atom. The lowest BCUT2D eigenvalue weighted by atomic mass is 10.2. The number of carbonyl (C=O) groups is 1. The van der Waals surface area contributed by atoms with E-state index in [0.29, 0.717) is 10.9 Å². The smallest absolute Gasteiger partial charge is 0.250 e. The third-order valence-electron chi connectivity index (χ3n) is 3.85. The molecule has 0 bridgehead atoms. The van der Waals surface area contributed by atoms with Gasteiger partial charge < -0.3 is 9.30 Å². The number of ether oxygens (including phenoxy) is 1. The third-order valence-corrected chi connectivity index (χ3v) is 5.90. The van der Waals surface area contributed by atoms with Crippen molar-refractivity contribution in [2.24, 2.45) is 12.1 Å². The molecule has 0 unspecified atom stereocenters. The van der Waals surface area contributed by atoms with Crippen LogP contribution in [0.4, 0.5) is 0 Å². The summed E-state index contributed by atoms with van der Waals surface area (Å²) in [6.07, 6.45) is 1.54. The summed E-state index contributed by atoms with van der Waals surface area (Å²) in [6, 6.07) is 13.4. The topological polar surface area (TPSA) is 81.4 Å². The monoisotopic (exact) mass is 537 g/mol. The average molecular weight is 539 g/mol. The normalized spacial score (nSPS) is 11.0. The van der Waals surface area contributed by atoms with E-state index < -0.39 is 0 Å². The largest absolute Gasteiger partial charge is 0.496 e. The molecule has 0 aliphatic carbocycles. The molecule has 1 N–H and O–H groups in total. The predicted molar refractivity (Wildman–Crippen MR) is 121 cm³/mol. The SMILES string of the molecule is COc1ccc(Br)cc1/C=N/NC(=O)CSc1nnc(-c2ccc(Br)cc2)n1C. The lowest BCUT2D eigenvalue weighted by molar-refractivity contribution is -0.118. The van der Waals surface area contributed by atoms with Crippen LogP contribution in [0.3, 0.4) is 0 Å². The molecule has 150 valence electrons. The fourth-order valence-corrected chi connectivity index (χ4v) is 3.78. The molecule has 1 amide bonds. The minimum absolute atomic E-state index is 0.166. The maximum Gasteiger partial charge on any atom is 0.250 e. The number of hydrazone groups is 1. The van der Waals surface area contributed by atoms with E-state index in [0.717, 1.165) is 25.9 Å². The highest BCUT2D eigenvalue weighted by Gasteiger charge is 2.12. The number of thioether (sulfide) groups is 1. The Hall–Kier alpha value is -2.17. The van der Waals surface area contributed by atoms with E-state index >= 15 is 0 Å². The minimum Gasteiger partial charge on any atom is -0.496 e. The summed E-state index contributed by atoms with van der Waals surface area (Å²) < 4.78 is 9.02. The molecule has 0 radical (unpaired) electrons. The molecule has 1 heterocycles. The number of nitrogens with zero attached hydrogens (tertiary/aromatic N) is 4. The van der Waals surface area contributed by atoms with Crippen LogP contribution < -0.4 is 10.2 Å². The van der Waals surface area contributed by atoms with Gasteiger partial charge >= 0.3 is 0 Å². The molecule has 7 nitrogen and oxygen atoms in total. The number of hydrogen-bond donors (Lipinski definition) is 1. The molecule has 0 saturated carbocycles. The number of amides is 1. The number of aromatic nitrogens is 3. The van der Waals surface area contributed by atoms with Gasteiger partial charge in [-0.2, -0.15) is 5.10 Å². The quantitative estimate of drug-likeness (QED) is 0.276. The van der Waals surface area contributed by atoms with Crippen molar-refractivity contribution in [3.05, 3.63) is 57.0 Å². The van der Waals surface area contributed by atoms with E-state index in [1.807, 2.05) is 54.1 Å². The zero-order chi connectivity index (χ0) is 20.8. The number of methoxy groups -OCH3 is 1. The van der Waals surface area contributed by atoms with Crippen LogP contribution in [0.25, 0.3) is 11.4 Å². The summed E-state index contributed by atoms with van der Waals surface area (Å²) in [4.78, 5) is 12.1. The first-order valence-corrected chi connectivity index (χ1v) is 11.0.